The van der Waals surface area contributed by atoms with E-state index in [0.717, 1.165) is 0 Å². The van der Waals surface area contributed by atoms with Crippen molar-refractivity contribution in [1.29, 1.82) is 0 Å². The maximum Gasteiger partial charge on any atom is 0.328 e. The first kappa shape index (κ1) is 28.0. The number of amides is 4. The van der Waals surface area contributed by atoms with Crippen molar-refractivity contribution in [1.82, 2.24) is 21.3 Å². The topological polar surface area (TPSA) is 152 Å². The Morgan fingerprint density at radius 3 is 2.62 bits per heavy atom. The van der Waals surface area contributed by atoms with Crippen LogP contribution in [0, 0.1) is 11.8 Å². The summed E-state index contributed by atoms with van der Waals surface area (Å²) in [5, 5.41) is 10.9. The minimum atomic E-state index is -1.03. The molecule has 0 radical (unpaired) electrons. The Morgan fingerprint density at radius 1 is 1.22 bits per heavy atom. The smallest absolute Gasteiger partial charge is 0.328 e. The van der Waals surface area contributed by atoms with E-state index in [4.69, 9.17) is 21.1 Å². The van der Waals surface area contributed by atoms with E-state index in [0.29, 0.717) is 34.9 Å². The molecule has 0 aliphatic carbocycles. The molecular formula is C25H31ClN4O7. The SMILES string of the molecule is COC(=O)C(CC1CCNC1=O)NC(=O)CNC(=O)C(NC(=O)C1=Cc2cc(Cl)ccc2OC1)C(C)C. The van der Waals surface area contributed by atoms with Crippen LogP contribution in [0.15, 0.2) is 23.8 Å². The first-order valence-electron chi connectivity index (χ1n) is 12.0. The number of benzene rings is 1. The van der Waals surface area contributed by atoms with Gasteiger partial charge in [-0.1, -0.05) is 25.4 Å². The molecule has 1 aromatic rings. The number of rotatable bonds is 10. The summed E-state index contributed by atoms with van der Waals surface area (Å²) in [4.78, 5) is 62.1. The van der Waals surface area contributed by atoms with Crippen molar-refractivity contribution < 1.29 is 33.4 Å². The van der Waals surface area contributed by atoms with Crippen LogP contribution in [0.5, 0.6) is 5.75 Å². The zero-order valence-electron chi connectivity index (χ0n) is 20.9. The fourth-order valence-electron chi connectivity index (χ4n) is 4.08. The van der Waals surface area contributed by atoms with Crippen LogP contribution < -0.4 is 26.0 Å². The van der Waals surface area contributed by atoms with E-state index in [1.54, 1.807) is 38.1 Å². The summed E-state index contributed by atoms with van der Waals surface area (Å²) in [7, 11) is 1.19. The Kier molecular flexibility index (Phi) is 9.51. The van der Waals surface area contributed by atoms with Crippen molar-refractivity contribution in [2.75, 3.05) is 26.8 Å². The number of methoxy groups -OCH3 is 1. The standard InChI is InChI=1S/C25H31ClN4O7/c1-13(2)21(30-23(33)16-8-15-9-17(26)4-5-19(15)37-12-16)24(34)28-11-20(31)29-18(25(35)36-3)10-14-6-7-27-22(14)32/h4-5,8-9,13-14,18,21H,6-7,10-12H2,1-3H3,(H,27,32)(H,28,34)(H,29,31)(H,30,33). The highest BCUT2D eigenvalue weighted by Gasteiger charge is 2.32. The van der Waals surface area contributed by atoms with E-state index < -0.39 is 48.2 Å². The summed E-state index contributed by atoms with van der Waals surface area (Å²) in [6.07, 6.45) is 2.30. The minimum Gasteiger partial charge on any atom is -0.488 e. The van der Waals surface area contributed by atoms with Gasteiger partial charge in [-0.3, -0.25) is 19.2 Å². The highest BCUT2D eigenvalue weighted by Crippen LogP contribution is 2.29. The Balaban J connectivity index is 1.57. The molecule has 2 heterocycles. The van der Waals surface area contributed by atoms with Crippen LogP contribution in [0.1, 0.15) is 32.3 Å². The van der Waals surface area contributed by atoms with E-state index in [-0.39, 0.29) is 24.9 Å². The summed E-state index contributed by atoms with van der Waals surface area (Å²) < 4.78 is 10.4. The molecule has 3 atom stereocenters. The summed E-state index contributed by atoms with van der Waals surface area (Å²) >= 11 is 6.02. The summed E-state index contributed by atoms with van der Waals surface area (Å²) in [6, 6.07) is 3.12. The third-order valence-corrected chi connectivity index (χ3v) is 6.37. The first-order chi connectivity index (χ1) is 17.6. The fourth-order valence-corrected chi connectivity index (χ4v) is 4.26. The number of halogens is 1. The molecule has 2 aliphatic rings. The lowest BCUT2D eigenvalue weighted by molar-refractivity contribution is -0.145. The van der Waals surface area contributed by atoms with E-state index in [1.165, 1.54) is 7.11 Å². The number of ether oxygens (including phenoxy) is 2. The van der Waals surface area contributed by atoms with Gasteiger partial charge >= 0.3 is 5.97 Å². The van der Waals surface area contributed by atoms with E-state index in [2.05, 4.69) is 21.3 Å². The Morgan fingerprint density at radius 2 is 1.97 bits per heavy atom. The van der Waals surface area contributed by atoms with E-state index in [9.17, 15) is 24.0 Å². The highest BCUT2D eigenvalue weighted by atomic mass is 35.5. The third-order valence-electron chi connectivity index (χ3n) is 6.14. The average molecular weight is 535 g/mol. The molecule has 1 aromatic carbocycles. The van der Waals surface area contributed by atoms with Crippen LogP contribution in [0.4, 0.5) is 0 Å². The predicted molar refractivity (Wildman–Crippen MR) is 134 cm³/mol. The molecule has 4 N–H and O–H groups in total. The molecule has 37 heavy (non-hydrogen) atoms. The lowest BCUT2D eigenvalue weighted by atomic mass is 9.98. The maximum atomic E-state index is 12.9. The van der Waals surface area contributed by atoms with Gasteiger partial charge in [0.15, 0.2) is 0 Å². The number of hydrogen-bond acceptors (Lipinski definition) is 7. The monoisotopic (exact) mass is 534 g/mol. The predicted octanol–water partition coefficient (Wildman–Crippen LogP) is 0.557. The van der Waals surface area contributed by atoms with Gasteiger partial charge in [-0.15, -0.1) is 0 Å². The summed E-state index contributed by atoms with van der Waals surface area (Å²) in [5.74, 6) is -2.65. The molecule has 12 heteroatoms. The maximum absolute atomic E-state index is 12.9. The second kappa shape index (κ2) is 12.6. The average Bonchev–Trinajstić information content (AvgIpc) is 3.28. The molecule has 0 aromatic heterocycles. The van der Waals surface area contributed by atoms with Gasteiger partial charge in [0, 0.05) is 23.0 Å². The van der Waals surface area contributed by atoms with Crippen molar-refractivity contribution in [3.05, 3.63) is 34.4 Å². The number of carbonyl (C=O) groups is 5. The molecule has 200 valence electrons. The molecule has 1 saturated heterocycles. The lowest BCUT2D eigenvalue weighted by Crippen LogP contribution is -2.53. The second-order valence-corrected chi connectivity index (χ2v) is 9.65. The molecule has 11 nitrogen and oxygen atoms in total. The van der Waals surface area contributed by atoms with Gasteiger partial charge in [0.25, 0.3) is 5.91 Å². The largest absolute Gasteiger partial charge is 0.488 e. The van der Waals surface area contributed by atoms with Crippen molar-refractivity contribution in [2.45, 2.75) is 38.8 Å². The molecule has 3 unspecified atom stereocenters. The number of esters is 1. The minimum absolute atomic E-state index is 0.0310. The van der Waals surface area contributed by atoms with Crippen LogP contribution in [-0.2, 0) is 28.7 Å². The number of hydrogen-bond donors (Lipinski definition) is 4. The van der Waals surface area contributed by atoms with Crippen molar-refractivity contribution in [3.8, 4) is 5.75 Å². The van der Waals surface area contributed by atoms with Crippen LogP contribution in [-0.4, -0.2) is 68.5 Å². The van der Waals surface area contributed by atoms with Crippen molar-refractivity contribution >= 4 is 47.3 Å². The van der Waals surface area contributed by atoms with E-state index in [1.807, 2.05) is 0 Å². The highest BCUT2D eigenvalue weighted by molar-refractivity contribution is 6.30. The number of carbonyl (C=O) groups excluding carboxylic acids is 5. The van der Waals surface area contributed by atoms with Crippen LogP contribution in [0.3, 0.4) is 0 Å². The van der Waals surface area contributed by atoms with Crippen LogP contribution >= 0.6 is 11.6 Å². The molecule has 0 bridgehead atoms. The first-order valence-corrected chi connectivity index (χ1v) is 12.3. The van der Waals surface area contributed by atoms with Crippen LogP contribution in [0.2, 0.25) is 5.02 Å². The van der Waals surface area contributed by atoms with Gasteiger partial charge in [-0.05, 0) is 43.0 Å². The van der Waals surface area contributed by atoms with Gasteiger partial charge < -0.3 is 30.7 Å². The third kappa shape index (κ3) is 7.45. The molecule has 4 amide bonds. The van der Waals surface area contributed by atoms with Crippen molar-refractivity contribution in [2.24, 2.45) is 11.8 Å². The summed E-state index contributed by atoms with van der Waals surface area (Å²) in [5.41, 5.74) is 0.976. The zero-order valence-corrected chi connectivity index (χ0v) is 21.6. The molecular weight excluding hydrogens is 504 g/mol. The van der Waals surface area contributed by atoms with E-state index >= 15 is 0 Å². The van der Waals surface area contributed by atoms with Crippen molar-refractivity contribution in [3.63, 3.8) is 0 Å². The quantitative estimate of drug-likeness (QED) is 0.320. The van der Waals surface area contributed by atoms with Gasteiger partial charge in [0.05, 0.1) is 19.2 Å². The Labute approximate surface area is 219 Å². The number of nitrogens with one attached hydrogen (secondary N) is 4. The van der Waals surface area contributed by atoms with Gasteiger partial charge in [0.2, 0.25) is 17.7 Å². The Bertz CT molecular complexity index is 1100. The normalized spacial score (nSPS) is 17.9. The molecule has 1 fully saturated rings. The second-order valence-electron chi connectivity index (χ2n) is 9.21. The molecule has 3 rings (SSSR count). The number of fused-ring (bicyclic) bond motifs is 1. The van der Waals surface area contributed by atoms with Gasteiger partial charge in [-0.25, -0.2) is 4.79 Å². The zero-order chi connectivity index (χ0) is 27.1. The van der Waals surface area contributed by atoms with Gasteiger partial charge in [0.1, 0.15) is 24.4 Å². The Hall–Kier alpha value is -3.60. The summed E-state index contributed by atoms with van der Waals surface area (Å²) in [6.45, 7) is 3.62. The van der Waals surface area contributed by atoms with Crippen LogP contribution in [0.25, 0.3) is 6.08 Å². The fraction of sp³-hybridized carbons (Fsp3) is 0.480. The molecule has 2 aliphatic heterocycles. The molecule has 0 spiro atoms. The lowest BCUT2D eigenvalue weighted by Gasteiger charge is -2.24. The molecule has 0 saturated carbocycles. The van der Waals surface area contributed by atoms with Gasteiger partial charge in [-0.2, -0.15) is 0 Å².